The van der Waals surface area contributed by atoms with E-state index in [1.54, 1.807) is 11.3 Å². The Morgan fingerprint density at radius 2 is 2.21 bits per heavy atom. The first-order chi connectivity index (χ1) is 6.77. The van der Waals surface area contributed by atoms with Gasteiger partial charge in [0.15, 0.2) is 0 Å². The first kappa shape index (κ1) is 8.17. The molecule has 1 N–H and O–H groups in total. The molecule has 0 radical (unpaired) electrons. The van der Waals surface area contributed by atoms with Gasteiger partial charge >= 0.3 is 0 Å². The van der Waals surface area contributed by atoms with Crippen LogP contribution < -0.4 is 0 Å². The molecule has 3 nitrogen and oxygen atoms in total. The van der Waals surface area contributed by atoms with Gasteiger partial charge in [-0.3, -0.25) is 0 Å². The molecule has 0 atom stereocenters. The molecule has 2 heterocycles. The molecule has 4 heteroatoms. The number of hydrogen-bond donors (Lipinski definition) is 1. The van der Waals surface area contributed by atoms with Crippen LogP contribution in [0.3, 0.4) is 0 Å². The van der Waals surface area contributed by atoms with Gasteiger partial charge in [-0.15, -0.1) is 11.3 Å². The predicted molar refractivity (Wildman–Crippen MR) is 55.8 cm³/mol. The Morgan fingerprint density at radius 3 is 2.93 bits per heavy atom. The van der Waals surface area contributed by atoms with Gasteiger partial charge in [0, 0.05) is 4.88 Å². The summed E-state index contributed by atoms with van der Waals surface area (Å²) in [6.07, 6.45) is 3.96. The average Bonchev–Trinajstić information content (AvgIpc) is 2.91. The van der Waals surface area contributed by atoms with E-state index >= 15 is 0 Å². The molecule has 2 aromatic rings. The first-order valence-corrected chi connectivity index (χ1v) is 5.52. The maximum absolute atomic E-state index is 9.57. The second kappa shape index (κ2) is 2.67. The Morgan fingerprint density at radius 1 is 1.43 bits per heavy atom. The van der Waals surface area contributed by atoms with Gasteiger partial charge in [0.1, 0.15) is 11.0 Å². The summed E-state index contributed by atoms with van der Waals surface area (Å²) in [6.45, 7) is 2.10. The Kier molecular flexibility index (Phi) is 1.56. The lowest BCUT2D eigenvalue weighted by Gasteiger charge is -1.96. The highest BCUT2D eigenvalue weighted by Gasteiger charge is 2.29. The van der Waals surface area contributed by atoms with Gasteiger partial charge in [-0.25, -0.2) is 9.97 Å². The minimum absolute atomic E-state index is 0.120. The number of aromatic hydroxyl groups is 1. The zero-order valence-electron chi connectivity index (χ0n) is 7.82. The summed E-state index contributed by atoms with van der Waals surface area (Å²) in [7, 11) is 0. The van der Waals surface area contributed by atoms with Crippen LogP contribution in [0.5, 0.6) is 5.88 Å². The number of aryl methyl sites for hydroxylation is 1. The van der Waals surface area contributed by atoms with E-state index in [2.05, 4.69) is 16.9 Å². The van der Waals surface area contributed by atoms with Crippen LogP contribution in [0.25, 0.3) is 10.2 Å². The average molecular weight is 206 g/mol. The SMILES string of the molecule is Cc1sc2c(O)ncnc2c1C1CC1. The van der Waals surface area contributed by atoms with E-state index in [1.165, 1.54) is 29.6 Å². The predicted octanol–water partition coefficient (Wildman–Crippen LogP) is 2.58. The molecule has 1 fully saturated rings. The van der Waals surface area contributed by atoms with Crippen molar-refractivity contribution in [2.75, 3.05) is 0 Å². The Balaban J connectivity index is 2.37. The lowest BCUT2D eigenvalue weighted by molar-refractivity contribution is 0.460. The molecule has 0 spiro atoms. The monoisotopic (exact) mass is 206 g/mol. The molecule has 0 saturated heterocycles. The van der Waals surface area contributed by atoms with Gasteiger partial charge in [-0.05, 0) is 31.2 Å². The molecular formula is C10H10N2OS. The van der Waals surface area contributed by atoms with E-state index < -0.39 is 0 Å². The highest BCUT2D eigenvalue weighted by atomic mass is 32.1. The van der Waals surface area contributed by atoms with Crippen molar-refractivity contribution < 1.29 is 5.11 Å². The number of hydrogen-bond acceptors (Lipinski definition) is 4. The maximum Gasteiger partial charge on any atom is 0.232 e. The molecule has 0 amide bonds. The molecule has 3 rings (SSSR count). The summed E-state index contributed by atoms with van der Waals surface area (Å²) in [6, 6.07) is 0. The third-order valence-electron chi connectivity index (χ3n) is 2.66. The minimum atomic E-state index is 0.120. The summed E-state index contributed by atoms with van der Waals surface area (Å²) in [5.41, 5.74) is 2.30. The smallest absolute Gasteiger partial charge is 0.232 e. The molecule has 0 aromatic carbocycles. The molecule has 72 valence electrons. The summed E-state index contributed by atoms with van der Waals surface area (Å²) in [5.74, 6) is 0.799. The minimum Gasteiger partial charge on any atom is -0.492 e. The molecule has 0 aliphatic heterocycles. The van der Waals surface area contributed by atoms with Crippen LogP contribution in [0, 0.1) is 6.92 Å². The van der Waals surface area contributed by atoms with E-state index in [0.29, 0.717) is 5.92 Å². The molecular weight excluding hydrogens is 196 g/mol. The van der Waals surface area contributed by atoms with Gasteiger partial charge in [-0.1, -0.05) is 0 Å². The third-order valence-corrected chi connectivity index (χ3v) is 3.77. The highest BCUT2D eigenvalue weighted by molar-refractivity contribution is 7.19. The topological polar surface area (TPSA) is 46.0 Å². The number of aromatic nitrogens is 2. The van der Waals surface area contributed by atoms with Crippen molar-refractivity contribution >= 4 is 21.6 Å². The lowest BCUT2D eigenvalue weighted by atomic mass is 10.1. The summed E-state index contributed by atoms with van der Waals surface area (Å²) in [4.78, 5) is 9.34. The lowest BCUT2D eigenvalue weighted by Crippen LogP contribution is -1.83. The van der Waals surface area contributed by atoms with Crippen molar-refractivity contribution in [1.82, 2.24) is 9.97 Å². The van der Waals surface area contributed by atoms with Crippen molar-refractivity contribution in [3.8, 4) is 5.88 Å². The number of fused-ring (bicyclic) bond motifs is 1. The van der Waals surface area contributed by atoms with Crippen molar-refractivity contribution in [1.29, 1.82) is 0 Å². The third kappa shape index (κ3) is 1.04. The van der Waals surface area contributed by atoms with Crippen molar-refractivity contribution in [2.45, 2.75) is 25.7 Å². The van der Waals surface area contributed by atoms with Crippen molar-refractivity contribution in [2.24, 2.45) is 0 Å². The Bertz CT molecular complexity index is 502. The van der Waals surface area contributed by atoms with Crippen LogP contribution >= 0.6 is 11.3 Å². The van der Waals surface area contributed by atoms with Crippen molar-refractivity contribution in [3.63, 3.8) is 0 Å². The number of thiophene rings is 1. The highest BCUT2D eigenvalue weighted by Crippen LogP contribution is 2.48. The van der Waals surface area contributed by atoms with Crippen LogP contribution in [-0.4, -0.2) is 15.1 Å². The van der Waals surface area contributed by atoms with Gasteiger partial charge in [0.2, 0.25) is 5.88 Å². The van der Waals surface area contributed by atoms with Crippen LogP contribution in [0.1, 0.15) is 29.2 Å². The van der Waals surface area contributed by atoms with E-state index in [1.807, 2.05) is 0 Å². The molecule has 1 aliphatic carbocycles. The van der Waals surface area contributed by atoms with E-state index in [9.17, 15) is 5.11 Å². The number of nitrogens with zero attached hydrogens (tertiary/aromatic N) is 2. The fraction of sp³-hybridized carbons (Fsp3) is 0.400. The fourth-order valence-electron chi connectivity index (χ4n) is 1.88. The fourth-order valence-corrected chi connectivity index (χ4v) is 2.96. The second-order valence-electron chi connectivity index (χ2n) is 3.72. The summed E-state index contributed by atoms with van der Waals surface area (Å²) < 4.78 is 0.840. The van der Waals surface area contributed by atoms with Crippen LogP contribution in [0.4, 0.5) is 0 Å². The normalized spacial score (nSPS) is 16.4. The molecule has 2 aromatic heterocycles. The Hall–Kier alpha value is -1.16. The quantitative estimate of drug-likeness (QED) is 0.780. The van der Waals surface area contributed by atoms with Crippen LogP contribution in [-0.2, 0) is 0 Å². The molecule has 1 aliphatic rings. The largest absolute Gasteiger partial charge is 0.492 e. The molecule has 0 bridgehead atoms. The number of rotatable bonds is 1. The van der Waals surface area contributed by atoms with Gasteiger partial charge < -0.3 is 5.11 Å². The van der Waals surface area contributed by atoms with E-state index in [0.717, 1.165) is 10.2 Å². The van der Waals surface area contributed by atoms with Crippen LogP contribution in [0.15, 0.2) is 6.33 Å². The standard InChI is InChI=1S/C10H10N2OS/c1-5-7(6-2-3-6)8-9(14-5)10(13)12-4-11-8/h4,6H,2-3H2,1H3,(H,11,12,13). The van der Waals surface area contributed by atoms with E-state index in [-0.39, 0.29) is 5.88 Å². The molecule has 1 saturated carbocycles. The zero-order chi connectivity index (χ0) is 9.71. The van der Waals surface area contributed by atoms with E-state index in [4.69, 9.17) is 0 Å². The second-order valence-corrected chi connectivity index (χ2v) is 4.95. The van der Waals surface area contributed by atoms with Gasteiger partial charge in [-0.2, -0.15) is 0 Å². The maximum atomic E-state index is 9.57. The van der Waals surface area contributed by atoms with Crippen LogP contribution in [0.2, 0.25) is 0 Å². The zero-order valence-corrected chi connectivity index (χ0v) is 8.64. The summed E-state index contributed by atoms with van der Waals surface area (Å²) >= 11 is 1.60. The van der Waals surface area contributed by atoms with Gasteiger partial charge in [0.05, 0.1) is 5.52 Å². The first-order valence-electron chi connectivity index (χ1n) is 4.70. The molecule has 0 unspecified atom stereocenters. The summed E-state index contributed by atoms with van der Waals surface area (Å²) in [5, 5.41) is 9.57. The Labute approximate surface area is 85.4 Å². The van der Waals surface area contributed by atoms with Crippen molar-refractivity contribution in [3.05, 3.63) is 16.8 Å². The molecule has 14 heavy (non-hydrogen) atoms. The van der Waals surface area contributed by atoms with Gasteiger partial charge in [0.25, 0.3) is 0 Å².